The van der Waals surface area contributed by atoms with E-state index in [2.05, 4.69) is 15.4 Å². The molecule has 5 rings (SSSR count). The summed E-state index contributed by atoms with van der Waals surface area (Å²) in [4.78, 5) is 4.45. The Morgan fingerprint density at radius 1 is 1.18 bits per heavy atom. The van der Waals surface area contributed by atoms with E-state index in [1.165, 1.54) is 10.2 Å². The number of nitriles is 1. The first kappa shape index (κ1) is 21.6. The van der Waals surface area contributed by atoms with Crippen molar-refractivity contribution in [3.05, 3.63) is 65.1 Å². The van der Waals surface area contributed by atoms with E-state index < -0.39 is 10.0 Å². The predicted molar refractivity (Wildman–Crippen MR) is 126 cm³/mol. The Morgan fingerprint density at radius 2 is 1.91 bits per heavy atom. The molecule has 10 heteroatoms. The van der Waals surface area contributed by atoms with Crippen LogP contribution in [0.4, 0.5) is 0 Å². The first-order valence-corrected chi connectivity index (χ1v) is 12.4. The molecule has 1 aliphatic rings. The van der Waals surface area contributed by atoms with Gasteiger partial charge in [-0.3, -0.25) is 4.68 Å². The van der Waals surface area contributed by atoms with Gasteiger partial charge in [-0.15, -0.1) is 0 Å². The zero-order chi connectivity index (χ0) is 23.2. The van der Waals surface area contributed by atoms with E-state index in [9.17, 15) is 13.7 Å². The van der Waals surface area contributed by atoms with Crippen LogP contribution in [0.3, 0.4) is 0 Å². The van der Waals surface area contributed by atoms with Crippen LogP contribution in [0.5, 0.6) is 0 Å². The van der Waals surface area contributed by atoms with Gasteiger partial charge in [0.2, 0.25) is 0 Å². The Balaban J connectivity index is 1.73. The zero-order valence-electron chi connectivity index (χ0n) is 17.9. The van der Waals surface area contributed by atoms with Crippen LogP contribution in [0.15, 0.2) is 53.8 Å². The third-order valence-electron chi connectivity index (χ3n) is 5.98. The number of rotatable bonds is 4. The average molecular weight is 481 g/mol. The average Bonchev–Trinajstić information content (AvgIpc) is 3.46. The molecule has 1 saturated heterocycles. The predicted octanol–water partition coefficient (Wildman–Crippen LogP) is 3.89. The summed E-state index contributed by atoms with van der Waals surface area (Å²) in [5.74, 6) is 0. The van der Waals surface area contributed by atoms with E-state index in [0.29, 0.717) is 16.6 Å². The second-order valence-electron chi connectivity index (χ2n) is 8.14. The Hall–Kier alpha value is -3.19. The molecule has 0 radical (unpaired) electrons. The van der Waals surface area contributed by atoms with Crippen LogP contribution < -0.4 is 5.32 Å². The van der Waals surface area contributed by atoms with Gasteiger partial charge in [0, 0.05) is 23.3 Å². The first-order valence-electron chi connectivity index (χ1n) is 10.6. The monoisotopic (exact) mass is 480 g/mol. The van der Waals surface area contributed by atoms with Crippen LogP contribution >= 0.6 is 11.6 Å². The number of pyridine rings is 1. The molecule has 0 spiro atoms. The summed E-state index contributed by atoms with van der Waals surface area (Å²) < 4.78 is 30.6. The number of fused-ring (bicyclic) bond motifs is 1. The maximum absolute atomic E-state index is 13.8. The first-order chi connectivity index (χ1) is 15.9. The van der Waals surface area contributed by atoms with Gasteiger partial charge >= 0.3 is 0 Å². The number of benzene rings is 1. The van der Waals surface area contributed by atoms with Gasteiger partial charge in [-0.05, 0) is 51.1 Å². The van der Waals surface area contributed by atoms with Gasteiger partial charge < -0.3 is 5.32 Å². The van der Waals surface area contributed by atoms with Crippen LogP contribution in [0.2, 0.25) is 5.02 Å². The fourth-order valence-corrected chi connectivity index (χ4v) is 5.88. The smallest absolute Gasteiger partial charge is 0.269 e. The zero-order valence-corrected chi connectivity index (χ0v) is 19.4. The summed E-state index contributed by atoms with van der Waals surface area (Å²) in [6.07, 6.45) is 6.73. The SMILES string of the molecule is Cc1ccc(S(=O)(=O)n2c(-c3cnn(C4CCNCC4)c3)cc3c(Cl)c(C#N)cnc32)cc1. The van der Waals surface area contributed by atoms with E-state index in [1.54, 1.807) is 36.5 Å². The van der Waals surface area contributed by atoms with E-state index in [-0.39, 0.29) is 27.2 Å². The molecule has 0 aliphatic carbocycles. The quantitative estimate of drug-likeness (QED) is 0.475. The van der Waals surface area contributed by atoms with Crippen molar-refractivity contribution in [1.29, 1.82) is 5.26 Å². The molecule has 4 aromatic rings. The molecule has 0 amide bonds. The molecule has 1 aliphatic heterocycles. The van der Waals surface area contributed by atoms with E-state index in [1.807, 2.05) is 23.9 Å². The molecule has 168 valence electrons. The van der Waals surface area contributed by atoms with Crippen LogP contribution in [-0.2, 0) is 10.0 Å². The van der Waals surface area contributed by atoms with Crippen molar-refractivity contribution in [1.82, 2.24) is 24.1 Å². The maximum Gasteiger partial charge on any atom is 0.269 e. The molecule has 3 aromatic heterocycles. The number of aryl methyl sites for hydroxylation is 1. The minimum absolute atomic E-state index is 0.139. The Morgan fingerprint density at radius 3 is 2.61 bits per heavy atom. The highest BCUT2D eigenvalue weighted by atomic mass is 35.5. The number of piperidine rings is 1. The Bertz CT molecular complexity index is 1490. The molecule has 4 heterocycles. The van der Waals surface area contributed by atoms with Crippen molar-refractivity contribution in [2.24, 2.45) is 0 Å². The second-order valence-corrected chi connectivity index (χ2v) is 10.3. The third-order valence-corrected chi connectivity index (χ3v) is 8.11. The van der Waals surface area contributed by atoms with E-state index >= 15 is 0 Å². The molecular formula is C23H21ClN6O2S. The fourth-order valence-electron chi connectivity index (χ4n) is 4.17. The van der Waals surface area contributed by atoms with Crippen molar-refractivity contribution in [3.63, 3.8) is 0 Å². The number of nitrogens with zero attached hydrogens (tertiary/aromatic N) is 5. The van der Waals surface area contributed by atoms with Crippen LogP contribution in [-0.4, -0.2) is 40.2 Å². The number of halogens is 1. The number of aromatic nitrogens is 4. The largest absolute Gasteiger partial charge is 0.317 e. The lowest BCUT2D eigenvalue weighted by atomic mass is 10.1. The molecule has 0 saturated carbocycles. The normalized spacial score (nSPS) is 15.1. The standard InChI is InChI=1S/C23H21ClN6O2S/c1-15-2-4-19(5-3-15)33(31,32)30-21(10-20-22(24)16(11-25)12-27-23(20)30)17-13-28-29(14-17)18-6-8-26-9-7-18/h2-5,10,12-14,18,26H,6-9H2,1H3. The summed E-state index contributed by atoms with van der Waals surface area (Å²) in [6, 6.07) is 10.6. The summed E-state index contributed by atoms with van der Waals surface area (Å²) >= 11 is 6.46. The van der Waals surface area contributed by atoms with Gasteiger partial charge in [0.25, 0.3) is 10.0 Å². The molecule has 1 N–H and O–H groups in total. The lowest BCUT2D eigenvalue weighted by Crippen LogP contribution is -2.29. The number of nitrogens with one attached hydrogen (secondary N) is 1. The number of hydrogen-bond acceptors (Lipinski definition) is 6. The topological polar surface area (TPSA) is 106 Å². The van der Waals surface area contributed by atoms with Gasteiger partial charge in [-0.2, -0.15) is 10.4 Å². The number of hydrogen-bond donors (Lipinski definition) is 1. The molecule has 0 unspecified atom stereocenters. The Kier molecular flexibility index (Phi) is 5.44. The van der Waals surface area contributed by atoms with Crippen molar-refractivity contribution < 1.29 is 8.42 Å². The fraction of sp³-hybridized carbons (Fsp3) is 0.261. The van der Waals surface area contributed by atoms with Gasteiger partial charge in [-0.1, -0.05) is 29.3 Å². The van der Waals surface area contributed by atoms with Crippen molar-refractivity contribution in [2.75, 3.05) is 13.1 Å². The summed E-state index contributed by atoms with van der Waals surface area (Å²) in [5, 5.41) is 17.8. The summed E-state index contributed by atoms with van der Waals surface area (Å²) in [6.45, 7) is 3.73. The molecule has 8 nitrogen and oxygen atoms in total. The molecule has 0 bridgehead atoms. The van der Waals surface area contributed by atoms with Crippen LogP contribution in [0.25, 0.3) is 22.3 Å². The van der Waals surface area contributed by atoms with Gasteiger partial charge in [0.1, 0.15) is 6.07 Å². The molecule has 0 atom stereocenters. The highest BCUT2D eigenvalue weighted by molar-refractivity contribution is 7.90. The molecule has 1 aromatic carbocycles. The highest BCUT2D eigenvalue weighted by Gasteiger charge is 2.27. The Labute approximate surface area is 196 Å². The van der Waals surface area contributed by atoms with Gasteiger partial charge in [0.15, 0.2) is 5.65 Å². The minimum atomic E-state index is -4.00. The molecule has 33 heavy (non-hydrogen) atoms. The van der Waals surface area contributed by atoms with Crippen molar-refractivity contribution in [3.8, 4) is 17.3 Å². The highest BCUT2D eigenvalue weighted by Crippen LogP contribution is 2.36. The summed E-state index contributed by atoms with van der Waals surface area (Å²) in [5.41, 5.74) is 2.34. The van der Waals surface area contributed by atoms with Crippen molar-refractivity contribution in [2.45, 2.75) is 30.7 Å². The molecule has 1 fully saturated rings. The van der Waals surface area contributed by atoms with Crippen LogP contribution in [0, 0.1) is 18.3 Å². The second kappa shape index (κ2) is 8.30. The minimum Gasteiger partial charge on any atom is -0.317 e. The van der Waals surface area contributed by atoms with Crippen molar-refractivity contribution >= 4 is 32.7 Å². The lowest BCUT2D eigenvalue weighted by molar-refractivity contribution is 0.343. The van der Waals surface area contributed by atoms with E-state index in [0.717, 1.165) is 31.5 Å². The lowest BCUT2D eigenvalue weighted by Gasteiger charge is -2.22. The molecular weight excluding hydrogens is 460 g/mol. The summed E-state index contributed by atoms with van der Waals surface area (Å²) in [7, 11) is -4.00. The maximum atomic E-state index is 13.8. The van der Waals surface area contributed by atoms with Gasteiger partial charge in [-0.25, -0.2) is 17.4 Å². The van der Waals surface area contributed by atoms with Crippen LogP contribution in [0.1, 0.15) is 30.0 Å². The van der Waals surface area contributed by atoms with E-state index in [4.69, 9.17) is 11.6 Å². The third kappa shape index (κ3) is 3.70. The van der Waals surface area contributed by atoms with Gasteiger partial charge in [0.05, 0.1) is 33.4 Å².